The van der Waals surface area contributed by atoms with Gasteiger partial charge in [0.2, 0.25) is 0 Å². The molecule has 0 saturated heterocycles. The number of carbonyl (C=O) groups excluding carboxylic acids is 1. The predicted molar refractivity (Wildman–Crippen MR) is 84.8 cm³/mol. The van der Waals surface area contributed by atoms with Crippen molar-refractivity contribution >= 4 is 38.8 Å². The molecule has 0 aliphatic carbocycles. The molecule has 3 N–H and O–H groups in total. The van der Waals surface area contributed by atoms with Gasteiger partial charge in [-0.15, -0.1) is 0 Å². The zero-order chi connectivity index (χ0) is 14.7. The van der Waals surface area contributed by atoms with E-state index < -0.39 is 0 Å². The Hall–Kier alpha value is -2.01. The minimum Gasteiger partial charge on any atom is -0.497 e. The number of halogens is 1. The van der Waals surface area contributed by atoms with Crippen LogP contribution in [0.15, 0.2) is 40.9 Å². The summed E-state index contributed by atoms with van der Waals surface area (Å²) in [6.07, 6.45) is 0. The van der Waals surface area contributed by atoms with Gasteiger partial charge >= 0.3 is 0 Å². The maximum atomic E-state index is 11.5. The van der Waals surface area contributed by atoms with Crippen LogP contribution < -0.4 is 15.8 Å². The zero-order valence-corrected chi connectivity index (χ0v) is 12.8. The summed E-state index contributed by atoms with van der Waals surface area (Å²) in [5.74, 6) is 0.682. The Kier molecular flexibility index (Phi) is 4.29. The summed E-state index contributed by atoms with van der Waals surface area (Å²) in [4.78, 5) is 11.5. The molecular formula is C15H15BrN2O2. The molecule has 0 fully saturated rings. The second kappa shape index (κ2) is 5.96. The standard InChI is InChI=1S/C15H15BrN2O2/c1-9(19)14-8-11(3-4-15(14)17)18-12-5-10(16)6-13(7-12)20-2/h3-8,18H,17H2,1-2H3. The first-order valence-electron chi connectivity index (χ1n) is 6.01. The summed E-state index contributed by atoms with van der Waals surface area (Å²) in [6, 6.07) is 10.9. The molecule has 4 nitrogen and oxygen atoms in total. The van der Waals surface area contributed by atoms with Gasteiger partial charge in [0.25, 0.3) is 0 Å². The molecule has 0 spiro atoms. The Morgan fingerprint density at radius 3 is 2.60 bits per heavy atom. The van der Waals surface area contributed by atoms with E-state index in [1.165, 1.54) is 6.92 Å². The summed E-state index contributed by atoms with van der Waals surface area (Å²) >= 11 is 3.42. The first-order chi connectivity index (χ1) is 9.49. The van der Waals surface area contributed by atoms with Gasteiger partial charge in [0.15, 0.2) is 5.78 Å². The van der Waals surface area contributed by atoms with Crippen LogP contribution in [0.1, 0.15) is 17.3 Å². The van der Waals surface area contributed by atoms with Gasteiger partial charge in [-0.25, -0.2) is 0 Å². The predicted octanol–water partition coefficient (Wildman–Crippen LogP) is 3.99. The van der Waals surface area contributed by atoms with E-state index >= 15 is 0 Å². The van der Waals surface area contributed by atoms with Crippen LogP contribution in [-0.4, -0.2) is 12.9 Å². The number of carbonyl (C=O) groups is 1. The second-order valence-corrected chi connectivity index (χ2v) is 5.28. The molecule has 0 heterocycles. The molecule has 0 aliphatic rings. The molecule has 104 valence electrons. The second-order valence-electron chi connectivity index (χ2n) is 4.36. The van der Waals surface area contributed by atoms with E-state index in [0.29, 0.717) is 11.3 Å². The molecule has 0 radical (unpaired) electrons. The summed E-state index contributed by atoms with van der Waals surface area (Å²) in [5.41, 5.74) is 8.42. The highest BCUT2D eigenvalue weighted by atomic mass is 79.9. The van der Waals surface area contributed by atoms with Crippen LogP contribution in [0.5, 0.6) is 5.75 Å². The Bertz CT molecular complexity index is 656. The lowest BCUT2D eigenvalue weighted by atomic mass is 10.1. The van der Waals surface area contributed by atoms with Gasteiger partial charge in [0.05, 0.1) is 7.11 Å². The molecule has 0 unspecified atom stereocenters. The maximum absolute atomic E-state index is 11.5. The average Bonchev–Trinajstić information content (AvgIpc) is 2.40. The molecule has 0 amide bonds. The van der Waals surface area contributed by atoms with Crippen molar-refractivity contribution in [2.45, 2.75) is 6.92 Å². The van der Waals surface area contributed by atoms with Gasteiger partial charge in [-0.2, -0.15) is 0 Å². The van der Waals surface area contributed by atoms with Crippen LogP contribution in [0.25, 0.3) is 0 Å². The number of nitrogens with one attached hydrogen (secondary N) is 1. The number of hydrogen-bond donors (Lipinski definition) is 2. The van der Waals surface area contributed by atoms with Gasteiger partial charge in [0.1, 0.15) is 5.75 Å². The van der Waals surface area contributed by atoms with Crippen molar-refractivity contribution in [2.24, 2.45) is 0 Å². The smallest absolute Gasteiger partial charge is 0.161 e. The number of methoxy groups -OCH3 is 1. The third-order valence-corrected chi connectivity index (χ3v) is 3.29. The molecule has 0 bridgehead atoms. The maximum Gasteiger partial charge on any atom is 0.161 e. The van der Waals surface area contributed by atoms with Gasteiger partial charge in [-0.05, 0) is 37.3 Å². The number of ether oxygens (including phenoxy) is 1. The Balaban J connectivity index is 2.32. The van der Waals surface area contributed by atoms with Crippen molar-refractivity contribution in [1.82, 2.24) is 0 Å². The van der Waals surface area contributed by atoms with E-state index in [1.807, 2.05) is 24.3 Å². The molecule has 2 aromatic carbocycles. The van der Waals surface area contributed by atoms with E-state index in [1.54, 1.807) is 19.2 Å². The van der Waals surface area contributed by atoms with E-state index in [0.717, 1.165) is 21.6 Å². The zero-order valence-electron chi connectivity index (χ0n) is 11.2. The van der Waals surface area contributed by atoms with Crippen molar-refractivity contribution in [2.75, 3.05) is 18.2 Å². The highest BCUT2D eigenvalue weighted by Crippen LogP contribution is 2.28. The number of benzene rings is 2. The molecule has 5 heteroatoms. The summed E-state index contributed by atoms with van der Waals surface area (Å²) in [7, 11) is 1.61. The molecule has 2 rings (SSSR count). The lowest BCUT2D eigenvalue weighted by Gasteiger charge is -2.11. The van der Waals surface area contributed by atoms with E-state index in [-0.39, 0.29) is 5.78 Å². The fourth-order valence-corrected chi connectivity index (χ4v) is 2.33. The SMILES string of the molecule is COc1cc(Br)cc(Nc2ccc(N)c(C(C)=O)c2)c1. The molecule has 2 aromatic rings. The summed E-state index contributed by atoms with van der Waals surface area (Å²) in [6.45, 7) is 1.50. The average molecular weight is 335 g/mol. The summed E-state index contributed by atoms with van der Waals surface area (Å²) in [5, 5.41) is 3.22. The number of nitrogen functional groups attached to an aromatic ring is 1. The van der Waals surface area contributed by atoms with Crippen LogP contribution in [0.2, 0.25) is 0 Å². The first kappa shape index (κ1) is 14.4. The number of hydrogen-bond acceptors (Lipinski definition) is 4. The van der Waals surface area contributed by atoms with Crippen molar-refractivity contribution in [1.29, 1.82) is 0 Å². The van der Waals surface area contributed by atoms with Crippen molar-refractivity contribution in [3.63, 3.8) is 0 Å². The van der Waals surface area contributed by atoms with E-state index in [2.05, 4.69) is 21.2 Å². The largest absolute Gasteiger partial charge is 0.497 e. The van der Waals surface area contributed by atoms with Crippen LogP contribution in [-0.2, 0) is 0 Å². The molecule has 0 aliphatic heterocycles. The molecular weight excluding hydrogens is 320 g/mol. The van der Waals surface area contributed by atoms with E-state index in [9.17, 15) is 4.79 Å². The monoisotopic (exact) mass is 334 g/mol. The van der Waals surface area contributed by atoms with Crippen LogP contribution >= 0.6 is 15.9 Å². The first-order valence-corrected chi connectivity index (χ1v) is 6.81. The number of rotatable bonds is 4. The normalized spacial score (nSPS) is 10.2. The van der Waals surface area contributed by atoms with Crippen LogP contribution in [0.4, 0.5) is 17.1 Å². The quantitative estimate of drug-likeness (QED) is 0.655. The van der Waals surface area contributed by atoms with Gasteiger partial charge in [-0.3, -0.25) is 4.79 Å². The lowest BCUT2D eigenvalue weighted by molar-refractivity contribution is 0.101. The molecule has 20 heavy (non-hydrogen) atoms. The molecule has 0 atom stereocenters. The van der Waals surface area contributed by atoms with Gasteiger partial charge in [0, 0.05) is 33.2 Å². The van der Waals surface area contributed by atoms with Crippen molar-refractivity contribution in [3.8, 4) is 5.75 Å². The van der Waals surface area contributed by atoms with Crippen LogP contribution in [0.3, 0.4) is 0 Å². The fraction of sp³-hybridized carbons (Fsp3) is 0.133. The fourth-order valence-electron chi connectivity index (χ4n) is 1.86. The van der Waals surface area contributed by atoms with E-state index in [4.69, 9.17) is 10.5 Å². The van der Waals surface area contributed by atoms with Gasteiger partial charge in [-0.1, -0.05) is 15.9 Å². The Labute approximate surface area is 126 Å². The third kappa shape index (κ3) is 3.30. The lowest BCUT2D eigenvalue weighted by Crippen LogP contribution is -2.01. The number of ketones is 1. The summed E-state index contributed by atoms with van der Waals surface area (Å²) < 4.78 is 6.11. The minimum atomic E-state index is -0.0574. The highest BCUT2D eigenvalue weighted by Gasteiger charge is 2.07. The minimum absolute atomic E-state index is 0.0574. The van der Waals surface area contributed by atoms with Crippen molar-refractivity contribution in [3.05, 3.63) is 46.4 Å². The third-order valence-electron chi connectivity index (χ3n) is 2.83. The van der Waals surface area contributed by atoms with Crippen molar-refractivity contribution < 1.29 is 9.53 Å². The number of nitrogens with two attached hydrogens (primary N) is 1. The molecule has 0 saturated carbocycles. The highest BCUT2D eigenvalue weighted by molar-refractivity contribution is 9.10. The number of anilines is 3. The molecule has 0 aromatic heterocycles. The number of Topliss-reactive ketones (excluding diaryl/α,β-unsaturated/α-hetero) is 1. The van der Waals surface area contributed by atoms with Crippen LogP contribution in [0, 0.1) is 0 Å². The topological polar surface area (TPSA) is 64.3 Å². The Morgan fingerprint density at radius 2 is 1.95 bits per heavy atom. The van der Waals surface area contributed by atoms with Gasteiger partial charge < -0.3 is 15.8 Å². The Morgan fingerprint density at radius 1 is 1.20 bits per heavy atom.